The van der Waals surface area contributed by atoms with Crippen LogP contribution in [0, 0.1) is 0 Å². The first kappa shape index (κ1) is 17.9. The first-order valence-electron chi connectivity index (χ1n) is 6.98. The second kappa shape index (κ2) is 6.76. The number of nitrogens with one attached hydrogen (secondary N) is 1. The Balaban J connectivity index is 2.13. The molecule has 25 heavy (non-hydrogen) atoms. The van der Waals surface area contributed by atoms with E-state index in [-0.39, 0.29) is 11.1 Å². The van der Waals surface area contributed by atoms with E-state index in [4.69, 9.17) is 0 Å². The number of carbonyl (C=O) groups is 1. The van der Waals surface area contributed by atoms with Gasteiger partial charge in [0.05, 0.1) is 17.0 Å². The highest BCUT2D eigenvalue weighted by Gasteiger charge is 2.41. The minimum atomic E-state index is -4.96. The lowest BCUT2D eigenvalue weighted by Gasteiger charge is -2.05. The maximum Gasteiger partial charge on any atom is 0.454 e. The number of fused-ring (bicyclic) bond motifs is 1. The Morgan fingerprint density at radius 2 is 1.80 bits per heavy atom. The summed E-state index contributed by atoms with van der Waals surface area (Å²) in [6.45, 7) is 0. The third-order valence-corrected chi connectivity index (χ3v) is 4.41. The highest BCUT2D eigenvalue weighted by Crippen LogP contribution is 2.32. The van der Waals surface area contributed by atoms with Crippen LogP contribution < -0.4 is 0 Å². The molecule has 0 aliphatic heterocycles. The summed E-state index contributed by atoms with van der Waals surface area (Å²) in [4.78, 5) is 18.9. The van der Waals surface area contributed by atoms with Gasteiger partial charge in [0.1, 0.15) is 0 Å². The van der Waals surface area contributed by atoms with E-state index in [1.807, 2.05) is 0 Å². The van der Waals surface area contributed by atoms with Crippen LogP contribution in [0.1, 0.15) is 21.7 Å². The van der Waals surface area contributed by atoms with Crippen molar-refractivity contribution in [2.24, 2.45) is 0 Å². The fourth-order valence-corrected chi connectivity index (χ4v) is 2.95. The summed E-state index contributed by atoms with van der Waals surface area (Å²) >= 11 is 6.52. The van der Waals surface area contributed by atoms with Gasteiger partial charge in [-0.3, -0.25) is 9.78 Å². The lowest BCUT2D eigenvalue weighted by atomic mass is 10.1. The Morgan fingerprint density at radius 3 is 2.44 bits per heavy atom. The number of benzene rings is 1. The van der Waals surface area contributed by atoms with Gasteiger partial charge in [-0.1, -0.05) is 22.0 Å². The van der Waals surface area contributed by atoms with E-state index >= 15 is 0 Å². The van der Waals surface area contributed by atoms with Gasteiger partial charge in [-0.05, 0) is 52.3 Å². The quantitative estimate of drug-likeness (QED) is 0.474. The van der Waals surface area contributed by atoms with Gasteiger partial charge in [0.15, 0.2) is 0 Å². The van der Waals surface area contributed by atoms with E-state index in [0.29, 0.717) is 15.7 Å². The number of rotatable bonds is 3. The van der Waals surface area contributed by atoms with Crippen molar-refractivity contribution in [2.45, 2.75) is 6.18 Å². The Morgan fingerprint density at radius 1 is 1.08 bits per heavy atom. The minimum absolute atomic E-state index is 0.0835. The van der Waals surface area contributed by atoms with E-state index in [9.17, 15) is 18.0 Å². The van der Waals surface area contributed by atoms with Crippen molar-refractivity contribution in [2.75, 3.05) is 0 Å². The van der Waals surface area contributed by atoms with Crippen molar-refractivity contribution >= 4 is 60.7 Å². The number of aromatic amines is 1. The number of Topliss-reactive ketones (excluding diaryl/α,β-unsaturated/α-hetero) is 1. The number of ketones is 1. The average Bonchev–Trinajstić information content (AvgIpc) is 2.89. The molecule has 128 valence electrons. The highest BCUT2D eigenvalue weighted by atomic mass is 79.9. The summed E-state index contributed by atoms with van der Waals surface area (Å²) in [5.74, 6) is -1.88. The number of halogens is 5. The molecule has 3 nitrogen and oxygen atoms in total. The van der Waals surface area contributed by atoms with Crippen LogP contribution in [-0.4, -0.2) is 21.9 Å². The molecule has 0 spiro atoms. The second-order valence-electron chi connectivity index (χ2n) is 5.17. The van der Waals surface area contributed by atoms with Crippen LogP contribution in [0.2, 0.25) is 0 Å². The number of alkyl halides is 3. The van der Waals surface area contributed by atoms with Gasteiger partial charge >= 0.3 is 6.18 Å². The van der Waals surface area contributed by atoms with Crippen molar-refractivity contribution in [1.82, 2.24) is 9.97 Å². The van der Waals surface area contributed by atoms with Crippen LogP contribution in [0.25, 0.3) is 23.1 Å². The number of hydrogen-bond acceptors (Lipinski definition) is 2. The number of hydrogen-bond donors (Lipinski definition) is 1. The largest absolute Gasteiger partial charge is 0.454 e. The third kappa shape index (κ3) is 3.85. The zero-order chi connectivity index (χ0) is 18.2. The van der Waals surface area contributed by atoms with Gasteiger partial charge in [-0.15, -0.1) is 0 Å². The van der Waals surface area contributed by atoms with Gasteiger partial charge in [0.25, 0.3) is 5.78 Å². The SMILES string of the molecule is O=C(c1c(C=Cc2ccc(Br)cn2)[nH]c2cc(Br)ccc12)C(F)(F)F. The summed E-state index contributed by atoms with van der Waals surface area (Å²) in [7, 11) is 0. The monoisotopic (exact) mass is 472 g/mol. The van der Waals surface area contributed by atoms with Crippen molar-refractivity contribution in [3.8, 4) is 0 Å². The van der Waals surface area contributed by atoms with Crippen LogP contribution in [0.5, 0.6) is 0 Å². The summed E-state index contributed by atoms with van der Waals surface area (Å²) in [5, 5.41) is 0.217. The molecule has 1 aromatic carbocycles. The Kier molecular flexibility index (Phi) is 4.83. The third-order valence-electron chi connectivity index (χ3n) is 3.45. The van der Waals surface area contributed by atoms with Gasteiger partial charge < -0.3 is 4.98 Å². The van der Waals surface area contributed by atoms with Gasteiger partial charge in [-0.2, -0.15) is 13.2 Å². The molecule has 2 heterocycles. The highest BCUT2D eigenvalue weighted by molar-refractivity contribution is 9.10. The fraction of sp³-hybridized carbons (Fsp3) is 0.0588. The minimum Gasteiger partial charge on any atom is -0.354 e. The Bertz CT molecular complexity index is 976. The fourth-order valence-electron chi connectivity index (χ4n) is 2.36. The standard InChI is InChI=1S/C17H9Br2F3N2O/c18-9-2-5-12-14(7-9)24-13(15(12)16(25)17(20,21)22)6-4-11-3-1-10(19)8-23-11/h1-8,24H. The number of pyridine rings is 1. The molecule has 2 aromatic heterocycles. The molecule has 0 amide bonds. The second-order valence-corrected chi connectivity index (χ2v) is 7.00. The van der Waals surface area contributed by atoms with E-state index in [2.05, 4.69) is 41.8 Å². The molecule has 0 aliphatic carbocycles. The van der Waals surface area contributed by atoms with Crippen LogP contribution >= 0.6 is 31.9 Å². The summed E-state index contributed by atoms with van der Waals surface area (Å²) < 4.78 is 40.5. The van der Waals surface area contributed by atoms with Crippen LogP contribution in [-0.2, 0) is 0 Å². The molecule has 1 N–H and O–H groups in total. The lowest BCUT2D eigenvalue weighted by molar-refractivity contribution is -0.0884. The summed E-state index contributed by atoms with van der Waals surface area (Å²) in [6.07, 6.45) is -0.424. The predicted octanol–water partition coefficient (Wildman–Crippen LogP) is 6.00. The zero-order valence-electron chi connectivity index (χ0n) is 12.4. The lowest BCUT2D eigenvalue weighted by Crippen LogP contribution is -2.23. The summed E-state index contributed by atoms with van der Waals surface area (Å²) in [5.41, 5.74) is 0.669. The van der Waals surface area contributed by atoms with Gasteiger partial charge in [0.2, 0.25) is 0 Å². The molecule has 3 aromatic rings. The molecule has 8 heteroatoms. The first-order valence-corrected chi connectivity index (χ1v) is 8.56. The molecule has 0 saturated carbocycles. The van der Waals surface area contributed by atoms with Gasteiger partial charge in [-0.25, -0.2) is 0 Å². The smallest absolute Gasteiger partial charge is 0.354 e. The topological polar surface area (TPSA) is 45.8 Å². The molecule has 0 saturated heterocycles. The molecular weight excluding hydrogens is 465 g/mol. The molecule has 0 aliphatic rings. The van der Waals surface area contributed by atoms with Crippen molar-refractivity contribution in [1.29, 1.82) is 0 Å². The van der Waals surface area contributed by atoms with Crippen molar-refractivity contribution in [3.05, 3.63) is 62.4 Å². The number of aromatic nitrogens is 2. The Labute approximate surface area is 157 Å². The Hall–Kier alpha value is -1.93. The summed E-state index contributed by atoms with van der Waals surface area (Å²) in [6, 6.07) is 8.15. The predicted molar refractivity (Wildman–Crippen MR) is 97.2 cm³/mol. The van der Waals surface area contributed by atoms with Crippen LogP contribution in [0.15, 0.2) is 45.5 Å². The molecule has 0 radical (unpaired) electrons. The van der Waals surface area contributed by atoms with Gasteiger partial charge in [0, 0.05) is 26.0 Å². The van der Waals surface area contributed by atoms with Crippen molar-refractivity contribution in [3.63, 3.8) is 0 Å². The van der Waals surface area contributed by atoms with E-state index in [0.717, 1.165) is 4.47 Å². The molecule has 0 atom stereocenters. The molecule has 0 fully saturated rings. The molecular formula is C17H9Br2F3N2O. The van der Waals surface area contributed by atoms with E-state index in [1.54, 1.807) is 36.5 Å². The van der Waals surface area contributed by atoms with Crippen molar-refractivity contribution < 1.29 is 18.0 Å². The van der Waals surface area contributed by atoms with E-state index in [1.165, 1.54) is 12.1 Å². The average molecular weight is 474 g/mol. The van der Waals surface area contributed by atoms with Crippen LogP contribution in [0.3, 0.4) is 0 Å². The zero-order valence-corrected chi connectivity index (χ0v) is 15.5. The number of nitrogens with zero attached hydrogens (tertiary/aromatic N) is 1. The van der Waals surface area contributed by atoms with E-state index < -0.39 is 17.5 Å². The maximum atomic E-state index is 13.0. The molecule has 0 unspecified atom stereocenters. The normalized spacial score (nSPS) is 12.2. The molecule has 3 rings (SSSR count). The molecule has 0 bridgehead atoms. The first-order chi connectivity index (χ1) is 11.8. The number of carbonyl (C=O) groups excluding carboxylic acids is 1. The number of H-pyrrole nitrogens is 1. The maximum absolute atomic E-state index is 13.0. The van der Waals surface area contributed by atoms with Crippen LogP contribution in [0.4, 0.5) is 13.2 Å².